The highest BCUT2D eigenvalue weighted by Crippen LogP contribution is 2.20. The third-order valence-electron chi connectivity index (χ3n) is 3.49. The van der Waals surface area contributed by atoms with E-state index in [-0.39, 0.29) is 17.2 Å². The van der Waals surface area contributed by atoms with E-state index in [9.17, 15) is 19.7 Å². The van der Waals surface area contributed by atoms with Crippen molar-refractivity contribution in [2.45, 2.75) is 19.9 Å². The van der Waals surface area contributed by atoms with Crippen LogP contribution in [0.2, 0.25) is 0 Å². The van der Waals surface area contributed by atoms with Gasteiger partial charge in [0.2, 0.25) is 5.91 Å². The Morgan fingerprint density at radius 2 is 1.92 bits per heavy atom. The largest absolute Gasteiger partial charge is 0.341 e. The number of anilines is 1. The molecular formula is C17H16BrN3O4. The molecule has 0 unspecified atom stereocenters. The van der Waals surface area contributed by atoms with Gasteiger partial charge in [-0.15, -0.1) is 0 Å². The fourth-order valence-corrected chi connectivity index (χ4v) is 2.33. The van der Waals surface area contributed by atoms with E-state index >= 15 is 0 Å². The average Bonchev–Trinajstić information content (AvgIpc) is 2.58. The summed E-state index contributed by atoms with van der Waals surface area (Å²) < 4.78 is 0.928. The SMILES string of the molecule is Cc1cc(NC(=O)[C@H](C)NC(=O)c2cccc([N+](=O)[O-])c2)ccc1Br. The third-order valence-corrected chi connectivity index (χ3v) is 4.38. The van der Waals surface area contributed by atoms with Gasteiger partial charge in [0.15, 0.2) is 0 Å². The van der Waals surface area contributed by atoms with Crippen molar-refractivity contribution in [3.63, 3.8) is 0 Å². The van der Waals surface area contributed by atoms with Crippen LogP contribution in [0.3, 0.4) is 0 Å². The molecule has 0 heterocycles. The van der Waals surface area contributed by atoms with Crippen LogP contribution in [0.1, 0.15) is 22.8 Å². The summed E-state index contributed by atoms with van der Waals surface area (Å²) in [6, 6.07) is 9.88. The predicted octanol–water partition coefficient (Wildman–Crippen LogP) is 3.42. The normalized spacial score (nSPS) is 11.5. The standard InChI is InChI=1S/C17H16BrN3O4/c1-10-8-13(6-7-15(10)18)20-16(22)11(2)19-17(23)12-4-3-5-14(9-12)21(24)25/h3-9,11H,1-2H3,(H,19,23)(H,20,22)/t11-/m0/s1. The lowest BCUT2D eigenvalue weighted by Gasteiger charge is -2.14. The maximum atomic E-state index is 12.2. The first-order valence-electron chi connectivity index (χ1n) is 7.40. The van der Waals surface area contributed by atoms with E-state index in [0.29, 0.717) is 5.69 Å². The molecule has 0 spiro atoms. The number of hydrogen-bond acceptors (Lipinski definition) is 4. The Bertz CT molecular complexity index is 838. The molecular weight excluding hydrogens is 390 g/mol. The quantitative estimate of drug-likeness (QED) is 0.587. The number of rotatable bonds is 5. The summed E-state index contributed by atoms with van der Waals surface area (Å²) in [6.07, 6.45) is 0. The van der Waals surface area contributed by atoms with Crippen molar-refractivity contribution in [3.8, 4) is 0 Å². The second kappa shape index (κ2) is 7.89. The molecule has 2 aromatic carbocycles. The van der Waals surface area contributed by atoms with Crippen LogP contribution in [0, 0.1) is 17.0 Å². The number of carbonyl (C=O) groups is 2. The summed E-state index contributed by atoms with van der Waals surface area (Å²) in [6.45, 7) is 3.43. The zero-order valence-corrected chi connectivity index (χ0v) is 15.2. The van der Waals surface area contributed by atoms with E-state index in [1.807, 2.05) is 13.0 Å². The van der Waals surface area contributed by atoms with Gasteiger partial charge in [0.05, 0.1) is 4.92 Å². The van der Waals surface area contributed by atoms with Crippen LogP contribution in [0.25, 0.3) is 0 Å². The average molecular weight is 406 g/mol. The van der Waals surface area contributed by atoms with Gasteiger partial charge in [0.25, 0.3) is 11.6 Å². The second-order valence-electron chi connectivity index (χ2n) is 5.46. The molecule has 130 valence electrons. The molecule has 1 atom stereocenters. The van der Waals surface area contributed by atoms with Crippen LogP contribution < -0.4 is 10.6 Å². The van der Waals surface area contributed by atoms with Crippen molar-refractivity contribution >= 4 is 39.1 Å². The van der Waals surface area contributed by atoms with Gasteiger partial charge in [-0.2, -0.15) is 0 Å². The molecule has 0 aliphatic rings. The van der Waals surface area contributed by atoms with Gasteiger partial charge in [-0.1, -0.05) is 22.0 Å². The molecule has 0 bridgehead atoms. The Kier molecular flexibility index (Phi) is 5.87. The Balaban J connectivity index is 2.02. The van der Waals surface area contributed by atoms with E-state index in [1.54, 1.807) is 12.1 Å². The lowest BCUT2D eigenvalue weighted by molar-refractivity contribution is -0.384. The number of benzene rings is 2. The van der Waals surface area contributed by atoms with Gasteiger partial charge in [0, 0.05) is 27.9 Å². The number of carbonyl (C=O) groups excluding carboxylic acids is 2. The van der Waals surface area contributed by atoms with Crippen LogP contribution in [0.5, 0.6) is 0 Å². The maximum absolute atomic E-state index is 12.2. The molecule has 7 nitrogen and oxygen atoms in total. The summed E-state index contributed by atoms with van der Waals surface area (Å²) in [7, 11) is 0. The van der Waals surface area contributed by atoms with Crippen LogP contribution in [0.4, 0.5) is 11.4 Å². The summed E-state index contributed by atoms with van der Waals surface area (Å²) >= 11 is 3.38. The monoisotopic (exact) mass is 405 g/mol. The molecule has 2 N–H and O–H groups in total. The molecule has 0 fully saturated rings. The lowest BCUT2D eigenvalue weighted by Crippen LogP contribution is -2.41. The van der Waals surface area contributed by atoms with Crippen LogP contribution in [0.15, 0.2) is 46.9 Å². The van der Waals surface area contributed by atoms with E-state index in [2.05, 4.69) is 26.6 Å². The smallest absolute Gasteiger partial charge is 0.270 e. The van der Waals surface area contributed by atoms with Gasteiger partial charge >= 0.3 is 0 Å². The number of nitrogens with one attached hydrogen (secondary N) is 2. The molecule has 2 aromatic rings. The van der Waals surface area contributed by atoms with Crippen molar-refractivity contribution in [1.82, 2.24) is 5.32 Å². The molecule has 2 amide bonds. The summed E-state index contributed by atoms with van der Waals surface area (Å²) in [5, 5.41) is 16.0. The van der Waals surface area contributed by atoms with Crippen molar-refractivity contribution in [3.05, 3.63) is 68.2 Å². The number of amides is 2. The van der Waals surface area contributed by atoms with Crippen molar-refractivity contribution in [2.24, 2.45) is 0 Å². The zero-order valence-electron chi connectivity index (χ0n) is 13.6. The van der Waals surface area contributed by atoms with E-state index in [0.717, 1.165) is 16.1 Å². The number of nitro benzene ring substituents is 1. The maximum Gasteiger partial charge on any atom is 0.270 e. The van der Waals surface area contributed by atoms with Gasteiger partial charge in [-0.25, -0.2) is 0 Å². The number of nitro groups is 1. The molecule has 0 aliphatic heterocycles. The minimum absolute atomic E-state index is 0.119. The number of hydrogen-bond donors (Lipinski definition) is 2. The van der Waals surface area contributed by atoms with Crippen molar-refractivity contribution in [2.75, 3.05) is 5.32 Å². The van der Waals surface area contributed by atoms with Gasteiger partial charge in [0.1, 0.15) is 6.04 Å². The predicted molar refractivity (Wildman–Crippen MR) is 97.5 cm³/mol. The highest BCUT2D eigenvalue weighted by molar-refractivity contribution is 9.10. The first kappa shape index (κ1) is 18.6. The fourth-order valence-electron chi connectivity index (χ4n) is 2.08. The summed E-state index contributed by atoms with van der Waals surface area (Å²) in [4.78, 5) is 34.6. The summed E-state index contributed by atoms with van der Waals surface area (Å²) in [5.41, 5.74) is 1.51. The molecule has 25 heavy (non-hydrogen) atoms. The van der Waals surface area contributed by atoms with Gasteiger partial charge in [-0.3, -0.25) is 19.7 Å². The minimum Gasteiger partial charge on any atom is -0.341 e. The zero-order chi connectivity index (χ0) is 18.6. The Morgan fingerprint density at radius 3 is 2.56 bits per heavy atom. The van der Waals surface area contributed by atoms with Gasteiger partial charge < -0.3 is 10.6 Å². The van der Waals surface area contributed by atoms with Crippen LogP contribution in [-0.4, -0.2) is 22.8 Å². The Labute approximate surface area is 152 Å². The molecule has 2 rings (SSSR count). The van der Waals surface area contributed by atoms with E-state index in [1.165, 1.54) is 25.1 Å². The highest BCUT2D eigenvalue weighted by atomic mass is 79.9. The van der Waals surface area contributed by atoms with Crippen molar-refractivity contribution in [1.29, 1.82) is 0 Å². The summed E-state index contributed by atoms with van der Waals surface area (Å²) in [5.74, 6) is -0.946. The van der Waals surface area contributed by atoms with Crippen LogP contribution >= 0.6 is 15.9 Å². The first-order valence-corrected chi connectivity index (χ1v) is 8.19. The molecule has 0 aromatic heterocycles. The van der Waals surface area contributed by atoms with Gasteiger partial charge in [-0.05, 0) is 43.7 Å². The Hall–Kier alpha value is -2.74. The Morgan fingerprint density at radius 1 is 1.20 bits per heavy atom. The molecule has 0 saturated heterocycles. The van der Waals surface area contributed by atoms with Crippen molar-refractivity contribution < 1.29 is 14.5 Å². The number of non-ortho nitro benzene ring substituents is 1. The van der Waals surface area contributed by atoms with E-state index < -0.39 is 16.9 Å². The molecule has 0 saturated carbocycles. The number of halogens is 1. The van der Waals surface area contributed by atoms with E-state index in [4.69, 9.17) is 0 Å². The second-order valence-corrected chi connectivity index (χ2v) is 6.31. The minimum atomic E-state index is -0.810. The molecule has 0 radical (unpaired) electrons. The third kappa shape index (κ3) is 4.87. The molecule has 0 aliphatic carbocycles. The number of nitrogens with zero attached hydrogens (tertiary/aromatic N) is 1. The highest BCUT2D eigenvalue weighted by Gasteiger charge is 2.18. The lowest BCUT2D eigenvalue weighted by atomic mass is 10.1. The topological polar surface area (TPSA) is 101 Å². The number of aryl methyl sites for hydroxylation is 1. The van der Waals surface area contributed by atoms with Crippen LogP contribution in [-0.2, 0) is 4.79 Å². The first-order chi connectivity index (χ1) is 11.8. The fraction of sp³-hybridized carbons (Fsp3) is 0.176. The molecule has 8 heteroatoms.